The van der Waals surface area contributed by atoms with Crippen LogP contribution in [0.4, 0.5) is 0 Å². The van der Waals surface area contributed by atoms with Gasteiger partial charge in [0.15, 0.2) is 0 Å². The van der Waals surface area contributed by atoms with Gasteiger partial charge in [0.05, 0.1) is 17.3 Å². The molecule has 4 heteroatoms. The molecule has 0 aromatic heterocycles. The largest absolute Gasteiger partial charge is 0.378 e. The number of ether oxygens (including phenoxy) is 2. The molecule has 0 spiro atoms. The molecule has 3 N–H and O–H groups in total. The van der Waals surface area contributed by atoms with Crippen LogP contribution in [0.25, 0.3) is 0 Å². The fraction of sp³-hybridized carbons (Fsp3) is 1.00. The van der Waals surface area contributed by atoms with Crippen molar-refractivity contribution in [1.82, 2.24) is 5.43 Å². The van der Waals surface area contributed by atoms with E-state index in [0.29, 0.717) is 17.9 Å². The number of rotatable bonds is 4. The minimum Gasteiger partial charge on any atom is -0.378 e. The van der Waals surface area contributed by atoms with Crippen molar-refractivity contribution in [3.8, 4) is 0 Å². The summed E-state index contributed by atoms with van der Waals surface area (Å²) < 4.78 is 12.1. The summed E-state index contributed by atoms with van der Waals surface area (Å²) in [5.41, 5.74) is 2.88. The van der Waals surface area contributed by atoms with E-state index in [-0.39, 0.29) is 17.2 Å². The van der Waals surface area contributed by atoms with Gasteiger partial charge < -0.3 is 9.47 Å². The van der Waals surface area contributed by atoms with Crippen molar-refractivity contribution >= 4 is 0 Å². The van der Waals surface area contributed by atoms with Crippen LogP contribution in [0.1, 0.15) is 53.9 Å². The highest BCUT2D eigenvalue weighted by molar-refractivity contribution is 5.02. The van der Waals surface area contributed by atoms with E-state index in [9.17, 15) is 0 Å². The molecule has 0 amide bonds. The van der Waals surface area contributed by atoms with E-state index in [2.05, 4.69) is 40.0 Å². The van der Waals surface area contributed by atoms with Crippen LogP contribution in [0.15, 0.2) is 0 Å². The minimum absolute atomic E-state index is 0.0650. The number of nitrogens with two attached hydrogens (primary N) is 1. The molecule has 0 aromatic rings. The van der Waals surface area contributed by atoms with Gasteiger partial charge in [-0.25, -0.2) is 0 Å². The maximum absolute atomic E-state index is 6.22. The Labute approximate surface area is 117 Å². The predicted molar refractivity (Wildman–Crippen MR) is 76.6 cm³/mol. The zero-order valence-corrected chi connectivity index (χ0v) is 13.0. The molecule has 4 unspecified atom stereocenters. The van der Waals surface area contributed by atoms with Crippen LogP contribution in [0.2, 0.25) is 0 Å². The summed E-state index contributed by atoms with van der Waals surface area (Å²) in [6.07, 6.45) is 3.53. The van der Waals surface area contributed by atoms with Gasteiger partial charge in [0, 0.05) is 24.5 Å². The van der Waals surface area contributed by atoms with Gasteiger partial charge in [0.1, 0.15) is 0 Å². The Morgan fingerprint density at radius 2 is 2.00 bits per heavy atom. The van der Waals surface area contributed by atoms with Gasteiger partial charge in [-0.3, -0.25) is 11.3 Å². The highest BCUT2D eigenvalue weighted by atomic mass is 16.5. The van der Waals surface area contributed by atoms with Crippen LogP contribution >= 0.6 is 0 Å². The first-order valence-electron chi connectivity index (χ1n) is 7.58. The number of nitrogens with one attached hydrogen (secondary N) is 1. The van der Waals surface area contributed by atoms with Crippen molar-refractivity contribution in [2.24, 2.45) is 17.7 Å². The van der Waals surface area contributed by atoms with Crippen LogP contribution in [0, 0.1) is 11.8 Å². The Balaban J connectivity index is 2.17. The SMILES string of the molecule is CCC1OCCC1C(NN)C1CC(C)(C)OC1(C)C. The van der Waals surface area contributed by atoms with Gasteiger partial charge >= 0.3 is 0 Å². The summed E-state index contributed by atoms with van der Waals surface area (Å²) in [7, 11) is 0. The summed E-state index contributed by atoms with van der Waals surface area (Å²) in [6.45, 7) is 11.8. The number of hydrogen-bond donors (Lipinski definition) is 2. The fourth-order valence-electron chi connectivity index (χ4n) is 4.20. The van der Waals surface area contributed by atoms with Crippen molar-refractivity contribution in [3.63, 3.8) is 0 Å². The molecule has 2 aliphatic heterocycles. The Bertz CT molecular complexity index is 317. The van der Waals surface area contributed by atoms with Crippen molar-refractivity contribution in [2.45, 2.75) is 77.2 Å². The van der Waals surface area contributed by atoms with E-state index < -0.39 is 0 Å². The molecule has 4 atom stereocenters. The minimum atomic E-state index is -0.137. The van der Waals surface area contributed by atoms with E-state index >= 15 is 0 Å². The standard InChI is InChI=1S/C15H30N2O2/c1-6-12-10(7-8-18-12)13(17-16)11-9-14(2,3)19-15(11,4)5/h10-13,17H,6-9,16H2,1-5H3. The molecule has 0 bridgehead atoms. The molecule has 2 aliphatic rings. The van der Waals surface area contributed by atoms with Crippen LogP contribution in [0.3, 0.4) is 0 Å². The first-order valence-corrected chi connectivity index (χ1v) is 7.58. The average Bonchev–Trinajstić information content (AvgIpc) is 2.82. The molecule has 2 heterocycles. The van der Waals surface area contributed by atoms with Gasteiger partial charge in [-0.1, -0.05) is 6.92 Å². The summed E-state index contributed by atoms with van der Waals surface area (Å²) in [4.78, 5) is 0. The van der Waals surface area contributed by atoms with Crippen LogP contribution in [0.5, 0.6) is 0 Å². The lowest BCUT2D eigenvalue weighted by Gasteiger charge is -2.37. The molecule has 2 saturated heterocycles. The van der Waals surface area contributed by atoms with E-state index in [1.165, 1.54) is 0 Å². The highest BCUT2D eigenvalue weighted by Crippen LogP contribution is 2.46. The third-order valence-corrected chi connectivity index (χ3v) is 4.89. The topological polar surface area (TPSA) is 56.5 Å². The lowest BCUT2D eigenvalue weighted by atomic mass is 9.74. The molecule has 112 valence electrons. The summed E-state index contributed by atoms with van der Waals surface area (Å²) in [5.74, 6) is 6.82. The van der Waals surface area contributed by atoms with E-state index in [1.807, 2.05) is 0 Å². The second-order valence-electron chi connectivity index (χ2n) is 7.24. The molecule has 0 aliphatic carbocycles. The number of hydrogen-bond acceptors (Lipinski definition) is 4. The van der Waals surface area contributed by atoms with Crippen LogP contribution in [-0.2, 0) is 9.47 Å². The van der Waals surface area contributed by atoms with Crippen molar-refractivity contribution < 1.29 is 9.47 Å². The summed E-state index contributed by atoms with van der Waals surface area (Å²) >= 11 is 0. The van der Waals surface area contributed by atoms with Crippen LogP contribution < -0.4 is 11.3 Å². The summed E-state index contributed by atoms with van der Waals surface area (Å²) in [5, 5.41) is 0. The normalized spacial score (nSPS) is 38.5. The Morgan fingerprint density at radius 3 is 2.47 bits per heavy atom. The first kappa shape index (κ1) is 15.2. The molecule has 19 heavy (non-hydrogen) atoms. The maximum atomic E-state index is 6.22. The van der Waals surface area contributed by atoms with Gasteiger partial charge in [-0.2, -0.15) is 0 Å². The van der Waals surface area contributed by atoms with Crippen molar-refractivity contribution in [1.29, 1.82) is 0 Å². The van der Waals surface area contributed by atoms with Gasteiger partial charge in [0.2, 0.25) is 0 Å². The van der Waals surface area contributed by atoms with Gasteiger partial charge in [-0.05, 0) is 47.0 Å². The van der Waals surface area contributed by atoms with E-state index in [0.717, 1.165) is 25.9 Å². The zero-order chi connectivity index (χ0) is 14.3. The fourth-order valence-corrected chi connectivity index (χ4v) is 4.20. The molecule has 2 fully saturated rings. The maximum Gasteiger partial charge on any atom is 0.0678 e. The van der Waals surface area contributed by atoms with E-state index in [4.69, 9.17) is 15.3 Å². The molecule has 0 aromatic carbocycles. The molecule has 4 nitrogen and oxygen atoms in total. The second-order valence-corrected chi connectivity index (χ2v) is 7.24. The predicted octanol–water partition coefficient (Wildman–Crippen LogP) is 2.23. The monoisotopic (exact) mass is 270 g/mol. The zero-order valence-electron chi connectivity index (χ0n) is 13.0. The van der Waals surface area contributed by atoms with Crippen molar-refractivity contribution in [3.05, 3.63) is 0 Å². The van der Waals surface area contributed by atoms with Gasteiger partial charge in [0.25, 0.3) is 0 Å². The molecular weight excluding hydrogens is 240 g/mol. The molecule has 2 rings (SSSR count). The van der Waals surface area contributed by atoms with Crippen LogP contribution in [-0.4, -0.2) is 30.0 Å². The Kier molecular flexibility index (Phi) is 4.26. The quantitative estimate of drug-likeness (QED) is 0.607. The molecule has 0 saturated carbocycles. The average molecular weight is 270 g/mol. The smallest absolute Gasteiger partial charge is 0.0678 e. The summed E-state index contributed by atoms with van der Waals surface area (Å²) in [6, 6.07) is 0.268. The third kappa shape index (κ3) is 2.97. The Hall–Kier alpha value is -0.160. The van der Waals surface area contributed by atoms with Gasteiger partial charge in [-0.15, -0.1) is 0 Å². The van der Waals surface area contributed by atoms with E-state index in [1.54, 1.807) is 0 Å². The highest BCUT2D eigenvalue weighted by Gasteiger charge is 2.51. The third-order valence-electron chi connectivity index (χ3n) is 4.89. The number of hydrazine groups is 1. The molecular formula is C15H30N2O2. The lowest BCUT2D eigenvalue weighted by molar-refractivity contribution is -0.0808. The Morgan fingerprint density at radius 1 is 1.32 bits per heavy atom. The molecule has 0 radical (unpaired) electrons. The first-order chi connectivity index (χ1) is 8.80. The lowest BCUT2D eigenvalue weighted by Crippen LogP contribution is -2.53. The van der Waals surface area contributed by atoms with Crippen molar-refractivity contribution in [2.75, 3.05) is 6.61 Å². The second kappa shape index (κ2) is 5.32.